The maximum absolute atomic E-state index is 13.8. The predicted molar refractivity (Wildman–Crippen MR) is 117 cm³/mol. The minimum Gasteiger partial charge on any atom is -0.492 e. The van der Waals surface area contributed by atoms with E-state index < -0.39 is 26.8 Å². The topological polar surface area (TPSA) is 101 Å². The molecule has 1 aromatic carbocycles. The third kappa shape index (κ3) is 4.22. The van der Waals surface area contributed by atoms with Gasteiger partial charge in [0.2, 0.25) is 5.95 Å². The molecule has 1 amide bonds. The molecule has 4 rings (SSSR count). The van der Waals surface area contributed by atoms with Crippen molar-refractivity contribution in [2.45, 2.75) is 31.1 Å². The number of hydrogen-bond acceptors (Lipinski definition) is 6. The number of rotatable bonds is 5. The van der Waals surface area contributed by atoms with Crippen LogP contribution >= 0.6 is 0 Å². The number of aromatic amines is 1. The Hall–Kier alpha value is -3.28. The SMILES string of the molecule is COC(=O)Nc1ccc2c(-c3nc(N[SiH]4CCCC4)ncc3C(F)(F)F)c[nH]c2c1OC. The number of methoxy groups -OCH3 is 2. The van der Waals surface area contributed by atoms with Crippen molar-refractivity contribution in [1.82, 2.24) is 15.0 Å². The smallest absolute Gasteiger partial charge is 0.419 e. The quantitative estimate of drug-likeness (QED) is 0.470. The fourth-order valence-electron chi connectivity index (χ4n) is 3.96. The summed E-state index contributed by atoms with van der Waals surface area (Å²) in [5, 5.41) is 2.98. The number of carbonyl (C=O) groups excluding carboxylic acids is 1. The molecular weight excluding hydrogens is 443 g/mol. The molecule has 3 heterocycles. The highest BCUT2D eigenvalue weighted by Gasteiger charge is 2.36. The number of hydrogen-bond donors (Lipinski definition) is 3. The predicted octanol–water partition coefficient (Wildman–Crippen LogP) is 4.76. The number of fused-ring (bicyclic) bond motifs is 1. The lowest BCUT2D eigenvalue weighted by molar-refractivity contribution is -0.137. The molecule has 0 atom stereocenters. The van der Waals surface area contributed by atoms with Crippen LogP contribution < -0.4 is 15.0 Å². The largest absolute Gasteiger partial charge is 0.492 e. The van der Waals surface area contributed by atoms with Gasteiger partial charge >= 0.3 is 12.3 Å². The molecule has 1 aliphatic heterocycles. The summed E-state index contributed by atoms with van der Waals surface area (Å²) in [6.07, 6.45) is -0.792. The number of aromatic nitrogens is 3. The lowest BCUT2D eigenvalue weighted by Crippen LogP contribution is -2.22. The molecule has 3 aromatic rings. The van der Waals surface area contributed by atoms with Gasteiger partial charge in [-0.25, -0.2) is 14.8 Å². The maximum atomic E-state index is 13.8. The van der Waals surface area contributed by atoms with Gasteiger partial charge in [-0.1, -0.05) is 12.8 Å². The number of benzene rings is 1. The Morgan fingerprint density at radius 3 is 2.62 bits per heavy atom. The minimum atomic E-state index is -4.63. The average molecular weight is 466 g/mol. The second-order valence-electron chi connectivity index (χ2n) is 7.47. The molecule has 0 saturated carbocycles. The van der Waals surface area contributed by atoms with Crippen LogP contribution in [0.25, 0.3) is 22.2 Å². The van der Waals surface area contributed by atoms with Gasteiger partial charge < -0.3 is 19.4 Å². The van der Waals surface area contributed by atoms with Crippen LogP contribution in [-0.4, -0.2) is 44.2 Å². The third-order valence-electron chi connectivity index (χ3n) is 5.47. The van der Waals surface area contributed by atoms with E-state index in [0.29, 0.717) is 16.6 Å². The van der Waals surface area contributed by atoms with Crippen LogP contribution in [0.1, 0.15) is 18.4 Å². The van der Waals surface area contributed by atoms with Crippen LogP contribution in [0.15, 0.2) is 24.5 Å². The molecule has 32 heavy (non-hydrogen) atoms. The molecule has 1 fully saturated rings. The van der Waals surface area contributed by atoms with E-state index in [-0.39, 0.29) is 23.0 Å². The summed E-state index contributed by atoms with van der Waals surface area (Å²) in [7, 11) is 1.34. The van der Waals surface area contributed by atoms with Crippen molar-refractivity contribution in [3.8, 4) is 17.0 Å². The van der Waals surface area contributed by atoms with Gasteiger partial charge in [-0.2, -0.15) is 13.2 Å². The van der Waals surface area contributed by atoms with Gasteiger partial charge in [0.1, 0.15) is 14.5 Å². The highest BCUT2D eigenvalue weighted by atomic mass is 28.3. The van der Waals surface area contributed by atoms with Gasteiger partial charge in [0.15, 0.2) is 5.75 Å². The lowest BCUT2D eigenvalue weighted by atomic mass is 10.0. The van der Waals surface area contributed by atoms with Gasteiger partial charge in [-0.15, -0.1) is 0 Å². The number of alkyl halides is 3. The van der Waals surface area contributed by atoms with E-state index in [2.05, 4.69) is 30.0 Å². The highest BCUT2D eigenvalue weighted by molar-refractivity contribution is 6.62. The maximum Gasteiger partial charge on any atom is 0.419 e. The van der Waals surface area contributed by atoms with Crippen LogP contribution in [0.4, 0.5) is 29.6 Å². The first-order valence-corrected chi connectivity index (χ1v) is 12.3. The zero-order valence-corrected chi connectivity index (χ0v) is 18.6. The average Bonchev–Trinajstić information content (AvgIpc) is 3.42. The first kappa shape index (κ1) is 21.9. The molecule has 170 valence electrons. The Balaban J connectivity index is 1.82. The number of nitrogens with one attached hydrogen (secondary N) is 3. The van der Waals surface area contributed by atoms with Gasteiger partial charge in [-0.05, 0) is 24.2 Å². The minimum absolute atomic E-state index is 0.219. The fourth-order valence-corrected chi connectivity index (χ4v) is 6.60. The summed E-state index contributed by atoms with van der Waals surface area (Å²) in [5.74, 6) is 0.482. The molecular formula is C20H22F3N5O3Si. The zero-order chi connectivity index (χ0) is 22.9. The fraction of sp³-hybridized carbons (Fsp3) is 0.350. The van der Waals surface area contributed by atoms with Crippen molar-refractivity contribution in [3.05, 3.63) is 30.1 Å². The van der Waals surface area contributed by atoms with Crippen LogP contribution in [0.2, 0.25) is 12.1 Å². The Morgan fingerprint density at radius 1 is 1.22 bits per heavy atom. The van der Waals surface area contributed by atoms with Gasteiger partial charge in [-0.3, -0.25) is 5.32 Å². The number of halogens is 3. The standard InChI is InChI=1S/C20H22F3N5O3Si/c1-30-17-14(26-19(29)31-2)6-5-11-12(9-24-16(11)17)15-13(20(21,22)23)10-25-18(27-15)28-32-7-3-4-8-32/h5-6,9-10,24,32H,3-4,7-8H2,1-2H3,(H,26,29)(H,25,27,28). The second-order valence-corrected chi connectivity index (χ2v) is 10.3. The molecule has 3 N–H and O–H groups in total. The van der Waals surface area contributed by atoms with Crippen LogP contribution in [-0.2, 0) is 10.9 Å². The molecule has 8 nitrogen and oxygen atoms in total. The van der Waals surface area contributed by atoms with E-state index in [1.54, 1.807) is 6.07 Å². The monoisotopic (exact) mass is 465 g/mol. The van der Waals surface area contributed by atoms with Gasteiger partial charge in [0, 0.05) is 23.3 Å². The van der Waals surface area contributed by atoms with Crippen LogP contribution in [0, 0.1) is 0 Å². The van der Waals surface area contributed by atoms with Gasteiger partial charge in [0.25, 0.3) is 0 Å². The first-order chi connectivity index (χ1) is 15.3. The number of nitrogens with zero attached hydrogens (tertiary/aromatic N) is 2. The molecule has 0 spiro atoms. The van der Waals surface area contributed by atoms with Crippen LogP contribution in [0.3, 0.4) is 0 Å². The molecule has 1 aliphatic rings. The van der Waals surface area contributed by atoms with Crippen LogP contribution in [0.5, 0.6) is 5.75 Å². The van der Waals surface area contributed by atoms with E-state index in [9.17, 15) is 18.0 Å². The highest BCUT2D eigenvalue weighted by Crippen LogP contribution is 2.42. The number of ether oxygens (including phenoxy) is 2. The zero-order valence-electron chi connectivity index (χ0n) is 17.5. The van der Waals surface area contributed by atoms with E-state index in [4.69, 9.17) is 4.74 Å². The van der Waals surface area contributed by atoms with E-state index in [1.807, 2.05) is 0 Å². The summed E-state index contributed by atoms with van der Waals surface area (Å²) < 4.78 is 51.3. The molecule has 0 unspecified atom stereocenters. The molecule has 12 heteroatoms. The van der Waals surface area contributed by atoms with Gasteiger partial charge in [0.05, 0.1) is 31.1 Å². The third-order valence-corrected chi connectivity index (χ3v) is 8.35. The molecule has 1 saturated heterocycles. The van der Waals surface area contributed by atoms with E-state index in [0.717, 1.165) is 31.1 Å². The Bertz CT molecular complexity index is 1150. The van der Waals surface area contributed by atoms with Crippen molar-refractivity contribution in [2.24, 2.45) is 0 Å². The van der Waals surface area contributed by atoms with Crippen molar-refractivity contribution < 1.29 is 27.4 Å². The molecule has 2 aromatic heterocycles. The Labute approximate surface area is 183 Å². The second kappa shape index (κ2) is 8.69. The first-order valence-electron chi connectivity index (χ1n) is 10.1. The summed E-state index contributed by atoms with van der Waals surface area (Å²) in [4.78, 5) is 26.1. The van der Waals surface area contributed by atoms with Crippen molar-refractivity contribution in [3.63, 3.8) is 0 Å². The van der Waals surface area contributed by atoms with Crippen molar-refractivity contribution >= 4 is 37.6 Å². The molecule has 0 aliphatic carbocycles. The normalized spacial score (nSPS) is 14.5. The number of anilines is 2. The van der Waals surface area contributed by atoms with Crippen molar-refractivity contribution in [1.29, 1.82) is 0 Å². The lowest BCUT2D eigenvalue weighted by Gasteiger charge is -2.15. The summed E-state index contributed by atoms with van der Waals surface area (Å²) >= 11 is 0. The summed E-state index contributed by atoms with van der Waals surface area (Å²) in [6, 6.07) is 5.27. The molecule has 0 radical (unpaired) electrons. The summed E-state index contributed by atoms with van der Waals surface area (Å²) in [6.45, 7) is 0. The summed E-state index contributed by atoms with van der Waals surface area (Å²) in [5.41, 5.74) is -0.151. The number of amides is 1. The number of carbonyl (C=O) groups is 1. The number of H-pyrrole nitrogens is 1. The Kier molecular flexibility index (Phi) is 5.95. The Morgan fingerprint density at radius 2 is 1.97 bits per heavy atom. The molecule has 0 bridgehead atoms. The van der Waals surface area contributed by atoms with E-state index >= 15 is 0 Å². The van der Waals surface area contributed by atoms with E-state index in [1.165, 1.54) is 26.5 Å². The van der Waals surface area contributed by atoms with Crippen molar-refractivity contribution in [2.75, 3.05) is 24.5 Å².